The summed E-state index contributed by atoms with van der Waals surface area (Å²) < 4.78 is 5.33. The molecule has 1 N–H and O–H groups in total. The van der Waals surface area contributed by atoms with E-state index in [4.69, 9.17) is 16.1 Å². The number of halogens is 1. The maximum atomic E-state index is 13.1. The molecule has 3 rings (SSSR count). The Morgan fingerprint density at radius 2 is 2.08 bits per heavy atom. The predicted molar refractivity (Wildman–Crippen MR) is 98.9 cm³/mol. The molecule has 134 valence electrons. The van der Waals surface area contributed by atoms with E-state index >= 15 is 0 Å². The van der Waals surface area contributed by atoms with Crippen molar-refractivity contribution in [2.24, 2.45) is 5.92 Å². The van der Waals surface area contributed by atoms with Crippen LogP contribution in [0, 0.1) is 12.8 Å². The molecule has 0 atom stereocenters. The summed E-state index contributed by atoms with van der Waals surface area (Å²) in [5.41, 5.74) is 1.79. The lowest BCUT2D eigenvalue weighted by Crippen LogP contribution is -2.39. The molecule has 0 saturated carbocycles. The average Bonchev–Trinajstić information content (AvgIpc) is 3.01. The number of rotatable bonds is 5. The van der Waals surface area contributed by atoms with E-state index in [1.165, 1.54) is 0 Å². The van der Waals surface area contributed by atoms with E-state index in [1.54, 1.807) is 13.0 Å². The van der Waals surface area contributed by atoms with E-state index in [0.717, 1.165) is 44.5 Å². The molecule has 1 amide bonds. The Balaban J connectivity index is 1.78. The minimum absolute atomic E-state index is 0.0132. The van der Waals surface area contributed by atoms with Crippen LogP contribution in [-0.4, -0.2) is 42.6 Å². The van der Waals surface area contributed by atoms with Gasteiger partial charge in [-0.3, -0.25) is 4.79 Å². The normalized spacial score (nSPS) is 15.6. The number of carbonyl (C=O) groups excluding carboxylic acids is 1. The second-order valence-electron chi connectivity index (χ2n) is 6.57. The van der Waals surface area contributed by atoms with Gasteiger partial charge in [0.1, 0.15) is 17.0 Å². The fourth-order valence-electron chi connectivity index (χ4n) is 3.39. The van der Waals surface area contributed by atoms with Gasteiger partial charge >= 0.3 is 0 Å². The van der Waals surface area contributed by atoms with Crippen LogP contribution in [-0.2, 0) is 0 Å². The van der Waals surface area contributed by atoms with E-state index in [1.807, 2.05) is 30.1 Å². The maximum Gasteiger partial charge on any atom is 0.259 e. The van der Waals surface area contributed by atoms with Gasteiger partial charge in [0.15, 0.2) is 0 Å². The van der Waals surface area contributed by atoms with E-state index in [2.05, 4.69) is 10.5 Å². The van der Waals surface area contributed by atoms with Crippen molar-refractivity contribution in [2.75, 3.05) is 26.7 Å². The van der Waals surface area contributed by atoms with E-state index in [0.29, 0.717) is 28.0 Å². The Morgan fingerprint density at radius 1 is 1.36 bits per heavy atom. The summed E-state index contributed by atoms with van der Waals surface area (Å²) in [6.07, 6.45) is 3.24. The second-order valence-corrected chi connectivity index (χ2v) is 6.98. The van der Waals surface area contributed by atoms with Crippen molar-refractivity contribution in [1.82, 2.24) is 15.4 Å². The van der Waals surface area contributed by atoms with E-state index in [-0.39, 0.29) is 5.91 Å². The maximum absolute atomic E-state index is 13.1. The van der Waals surface area contributed by atoms with E-state index < -0.39 is 0 Å². The molecule has 1 fully saturated rings. The third kappa shape index (κ3) is 3.88. The monoisotopic (exact) mass is 361 g/mol. The third-order valence-corrected chi connectivity index (χ3v) is 5.24. The first-order valence-electron chi connectivity index (χ1n) is 8.77. The smallest absolute Gasteiger partial charge is 0.259 e. The van der Waals surface area contributed by atoms with Gasteiger partial charge in [0, 0.05) is 18.7 Å². The minimum Gasteiger partial charge on any atom is -0.360 e. The van der Waals surface area contributed by atoms with Crippen molar-refractivity contribution in [3.8, 4) is 11.3 Å². The van der Waals surface area contributed by atoms with Crippen LogP contribution in [0.25, 0.3) is 11.3 Å². The van der Waals surface area contributed by atoms with Crippen molar-refractivity contribution in [3.05, 3.63) is 40.6 Å². The van der Waals surface area contributed by atoms with Gasteiger partial charge in [-0.25, -0.2) is 0 Å². The van der Waals surface area contributed by atoms with Crippen molar-refractivity contribution < 1.29 is 9.32 Å². The first kappa shape index (κ1) is 18.0. The van der Waals surface area contributed by atoms with Crippen LogP contribution < -0.4 is 5.32 Å². The molecule has 0 spiro atoms. The molecule has 0 unspecified atom stereocenters. The Kier molecular flexibility index (Phi) is 5.76. The van der Waals surface area contributed by atoms with Crippen LogP contribution in [0.15, 0.2) is 28.8 Å². The number of benzene rings is 1. The fraction of sp³-hybridized carbons (Fsp3) is 0.474. The van der Waals surface area contributed by atoms with Gasteiger partial charge in [0.05, 0.1) is 5.02 Å². The number of likely N-dealkylation sites (tertiary alicyclic amines) is 1. The molecule has 2 aromatic rings. The molecule has 0 radical (unpaired) electrons. The molecule has 0 bridgehead atoms. The van der Waals surface area contributed by atoms with Gasteiger partial charge in [0.2, 0.25) is 0 Å². The number of amides is 1. The lowest BCUT2D eigenvalue weighted by Gasteiger charge is -2.32. The molecule has 1 aromatic heterocycles. The molecule has 25 heavy (non-hydrogen) atoms. The van der Waals surface area contributed by atoms with Crippen LogP contribution in [0.3, 0.4) is 0 Å². The lowest BCUT2D eigenvalue weighted by molar-refractivity contribution is 0.0686. The number of nitrogens with zero attached hydrogens (tertiary/aromatic N) is 2. The summed E-state index contributed by atoms with van der Waals surface area (Å²) in [5, 5.41) is 7.86. The van der Waals surface area contributed by atoms with Crippen molar-refractivity contribution in [3.63, 3.8) is 0 Å². The number of aromatic nitrogens is 1. The van der Waals surface area contributed by atoms with Crippen LogP contribution >= 0.6 is 11.6 Å². The summed E-state index contributed by atoms with van der Waals surface area (Å²) in [6, 6.07) is 7.39. The lowest BCUT2D eigenvalue weighted by atomic mass is 9.93. The zero-order valence-electron chi connectivity index (χ0n) is 14.7. The first-order chi connectivity index (χ1) is 12.1. The van der Waals surface area contributed by atoms with Crippen LogP contribution in [0.4, 0.5) is 0 Å². The number of nitrogens with one attached hydrogen (secondary N) is 1. The van der Waals surface area contributed by atoms with Crippen LogP contribution in [0.2, 0.25) is 5.02 Å². The van der Waals surface area contributed by atoms with Gasteiger partial charge in [-0.05, 0) is 51.8 Å². The average molecular weight is 362 g/mol. The number of hydrogen-bond donors (Lipinski definition) is 1. The Labute approximate surface area is 153 Å². The molecular weight excluding hydrogens is 338 g/mol. The largest absolute Gasteiger partial charge is 0.360 e. The molecule has 1 aliphatic heterocycles. The zero-order valence-corrected chi connectivity index (χ0v) is 15.5. The predicted octanol–water partition coefficient (Wildman–Crippen LogP) is 3.77. The summed E-state index contributed by atoms with van der Waals surface area (Å²) in [4.78, 5) is 15.0. The molecule has 1 aliphatic rings. The highest BCUT2D eigenvalue weighted by Crippen LogP contribution is 2.32. The first-order valence-corrected chi connectivity index (χ1v) is 9.14. The van der Waals surface area contributed by atoms with Crippen molar-refractivity contribution in [2.45, 2.75) is 26.2 Å². The minimum atomic E-state index is -0.0132. The third-order valence-electron chi connectivity index (χ3n) is 4.91. The molecule has 5 nitrogen and oxygen atoms in total. The fourth-order valence-corrected chi connectivity index (χ4v) is 3.62. The zero-order chi connectivity index (χ0) is 17.8. The van der Waals surface area contributed by atoms with Crippen LogP contribution in [0.1, 0.15) is 35.4 Å². The second kappa shape index (κ2) is 8.02. The van der Waals surface area contributed by atoms with E-state index in [9.17, 15) is 4.79 Å². The van der Waals surface area contributed by atoms with Gasteiger partial charge in [-0.1, -0.05) is 35.0 Å². The standard InChI is InChI=1S/C19H24ClN3O2/c1-13-17(18(22-25-13)15-5-3-4-6-16(15)20)19(24)23-11-8-14(9-12-23)7-10-21-2/h3-6,14,21H,7-12H2,1-2H3. The molecule has 0 aliphatic carbocycles. The van der Waals surface area contributed by atoms with Crippen LogP contribution in [0.5, 0.6) is 0 Å². The Hall–Kier alpha value is -1.85. The summed E-state index contributed by atoms with van der Waals surface area (Å²) in [6.45, 7) is 4.36. The SMILES string of the molecule is CNCCC1CCN(C(=O)c2c(-c3ccccc3Cl)noc2C)CC1. The molecule has 1 saturated heterocycles. The molecule has 6 heteroatoms. The molecular formula is C19H24ClN3O2. The van der Waals surface area contributed by atoms with Gasteiger partial charge in [0.25, 0.3) is 5.91 Å². The number of carbonyl (C=O) groups is 1. The number of hydrogen-bond acceptors (Lipinski definition) is 4. The molecule has 1 aromatic carbocycles. The number of aryl methyl sites for hydroxylation is 1. The Morgan fingerprint density at radius 3 is 2.76 bits per heavy atom. The quantitative estimate of drug-likeness (QED) is 0.880. The van der Waals surface area contributed by atoms with Gasteiger partial charge in [-0.2, -0.15) is 0 Å². The highest BCUT2D eigenvalue weighted by atomic mass is 35.5. The van der Waals surface area contributed by atoms with Gasteiger partial charge < -0.3 is 14.7 Å². The highest BCUT2D eigenvalue weighted by molar-refractivity contribution is 6.33. The molecule has 2 heterocycles. The van der Waals surface area contributed by atoms with Crippen molar-refractivity contribution in [1.29, 1.82) is 0 Å². The summed E-state index contributed by atoms with van der Waals surface area (Å²) in [5.74, 6) is 1.21. The summed E-state index contributed by atoms with van der Waals surface area (Å²) in [7, 11) is 1.98. The Bertz CT molecular complexity index is 736. The number of piperidine rings is 1. The summed E-state index contributed by atoms with van der Waals surface area (Å²) >= 11 is 6.29. The topological polar surface area (TPSA) is 58.4 Å². The van der Waals surface area contributed by atoms with Gasteiger partial charge in [-0.15, -0.1) is 0 Å². The van der Waals surface area contributed by atoms with Crippen molar-refractivity contribution >= 4 is 17.5 Å². The highest BCUT2D eigenvalue weighted by Gasteiger charge is 2.29.